The predicted molar refractivity (Wildman–Crippen MR) is 115 cm³/mol. The summed E-state index contributed by atoms with van der Waals surface area (Å²) >= 11 is 0. The molecule has 0 aliphatic carbocycles. The average Bonchev–Trinajstić information content (AvgIpc) is 2.85. The summed E-state index contributed by atoms with van der Waals surface area (Å²) in [5.41, 5.74) is 3.08. The van der Waals surface area contributed by atoms with E-state index in [9.17, 15) is 14.4 Å². The number of hydrogen-bond acceptors (Lipinski definition) is 3. The fourth-order valence-corrected chi connectivity index (χ4v) is 4.07. The van der Waals surface area contributed by atoms with Crippen molar-refractivity contribution < 1.29 is 14.4 Å². The summed E-state index contributed by atoms with van der Waals surface area (Å²) in [6, 6.07) is 15.6. The monoisotopic (exact) mass is 405 g/mol. The Labute approximate surface area is 176 Å². The zero-order valence-corrected chi connectivity index (χ0v) is 17.3. The molecular formula is C24H27N3O3. The van der Waals surface area contributed by atoms with Gasteiger partial charge >= 0.3 is 0 Å². The molecule has 0 spiro atoms. The van der Waals surface area contributed by atoms with Crippen molar-refractivity contribution in [2.24, 2.45) is 5.92 Å². The summed E-state index contributed by atoms with van der Waals surface area (Å²) < 4.78 is 0. The summed E-state index contributed by atoms with van der Waals surface area (Å²) in [7, 11) is 0. The van der Waals surface area contributed by atoms with Gasteiger partial charge in [-0.3, -0.25) is 14.4 Å². The first-order valence-electron chi connectivity index (χ1n) is 10.5. The zero-order chi connectivity index (χ0) is 21.1. The number of benzene rings is 2. The van der Waals surface area contributed by atoms with Crippen molar-refractivity contribution in [3.8, 4) is 0 Å². The molecule has 6 heteroatoms. The van der Waals surface area contributed by atoms with E-state index in [1.165, 1.54) is 4.90 Å². The summed E-state index contributed by atoms with van der Waals surface area (Å²) in [4.78, 5) is 41.5. The third-order valence-electron chi connectivity index (χ3n) is 5.92. The molecular weight excluding hydrogens is 378 g/mol. The van der Waals surface area contributed by atoms with Crippen LogP contribution in [0.5, 0.6) is 0 Å². The van der Waals surface area contributed by atoms with Crippen molar-refractivity contribution in [3.05, 3.63) is 65.2 Å². The van der Waals surface area contributed by atoms with Gasteiger partial charge in [-0.05, 0) is 48.4 Å². The van der Waals surface area contributed by atoms with Gasteiger partial charge in [0.15, 0.2) is 0 Å². The van der Waals surface area contributed by atoms with Crippen LogP contribution in [0, 0.1) is 5.92 Å². The second kappa shape index (κ2) is 8.69. The second-order valence-electron chi connectivity index (χ2n) is 8.32. The van der Waals surface area contributed by atoms with E-state index in [1.807, 2.05) is 47.4 Å². The Hall–Kier alpha value is -3.15. The van der Waals surface area contributed by atoms with Crippen molar-refractivity contribution in [2.75, 3.05) is 31.5 Å². The predicted octanol–water partition coefficient (Wildman–Crippen LogP) is 2.93. The summed E-state index contributed by atoms with van der Waals surface area (Å²) in [5.74, 6) is -0.0311. The number of nitrogens with zero attached hydrogens (tertiary/aromatic N) is 2. The van der Waals surface area contributed by atoms with Gasteiger partial charge in [-0.1, -0.05) is 43.3 Å². The van der Waals surface area contributed by atoms with Gasteiger partial charge in [0.2, 0.25) is 11.8 Å². The van der Waals surface area contributed by atoms with E-state index < -0.39 is 0 Å². The molecule has 0 radical (unpaired) electrons. The molecule has 0 atom stereocenters. The first kappa shape index (κ1) is 20.1. The molecule has 2 aromatic carbocycles. The maximum atomic E-state index is 13.2. The van der Waals surface area contributed by atoms with Crippen LogP contribution in [-0.4, -0.2) is 53.7 Å². The highest BCUT2D eigenvalue weighted by Crippen LogP contribution is 2.24. The molecule has 2 heterocycles. The average molecular weight is 405 g/mol. The van der Waals surface area contributed by atoms with E-state index in [4.69, 9.17) is 0 Å². The molecule has 3 amide bonds. The molecule has 1 fully saturated rings. The third kappa shape index (κ3) is 4.53. The van der Waals surface area contributed by atoms with E-state index in [-0.39, 0.29) is 30.8 Å². The summed E-state index contributed by atoms with van der Waals surface area (Å²) in [6.07, 6.45) is 2.65. The lowest BCUT2D eigenvalue weighted by atomic mass is 9.99. The fourth-order valence-electron chi connectivity index (χ4n) is 4.07. The van der Waals surface area contributed by atoms with Crippen molar-refractivity contribution >= 4 is 23.4 Å². The van der Waals surface area contributed by atoms with E-state index >= 15 is 0 Å². The van der Waals surface area contributed by atoms with Crippen LogP contribution < -0.4 is 5.32 Å². The van der Waals surface area contributed by atoms with Crippen LogP contribution >= 0.6 is 0 Å². The summed E-state index contributed by atoms with van der Waals surface area (Å²) in [5, 5.41) is 2.81. The quantitative estimate of drug-likeness (QED) is 0.850. The molecule has 30 heavy (non-hydrogen) atoms. The van der Waals surface area contributed by atoms with E-state index in [0.717, 1.165) is 24.0 Å². The summed E-state index contributed by atoms with van der Waals surface area (Å²) in [6.45, 7) is 3.44. The Kier molecular flexibility index (Phi) is 5.84. The number of fused-ring (bicyclic) bond motifs is 1. The maximum Gasteiger partial charge on any atom is 0.256 e. The van der Waals surface area contributed by atoms with E-state index in [0.29, 0.717) is 36.7 Å². The van der Waals surface area contributed by atoms with Crippen LogP contribution in [-0.2, 0) is 16.0 Å². The smallest absolute Gasteiger partial charge is 0.256 e. The zero-order valence-electron chi connectivity index (χ0n) is 17.3. The minimum absolute atomic E-state index is 0.0665. The fraction of sp³-hybridized carbons (Fsp3) is 0.375. The van der Waals surface area contributed by atoms with Gasteiger partial charge in [-0.2, -0.15) is 0 Å². The number of carbonyl (C=O) groups is 3. The number of rotatable bonds is 4. The van der Waals surface area contributed by atoms with Crippen molar-refractivity contribution in [3.63, 3.8) is 0 Å². The molecule has 0 saturated carbocycles. The van der Waals surface area contributed by atoms with Gasteiger partial charge in [0.05, 0.1) is 11.3 Å². The van der Waals surface area contributed by atoms with Gasteiger partial charge in [-0.15, -0.1) is 0 Å². The Bertz CT molecular complexity index is 949. The minimum Gasteiger partial charge on any atom is -0.341 e. The molecule has 1 N–H and O–H groups in total. The lowest BCUT2D eigenvalue weighted by Gasteiger charge is -2.32. The topological polar surface area (TPSA) is 69.7 Å². The number of amides is 3. The number of anilines is 1. The van der Waals surface area contributed by atoms with Gasteiger partial charge in [0.1, 0.15) is 13.1 Å². The molecule has 0 aromatic heterocycles. The Morgan fingerprint density at radius 1 is 1.03 bits per heavy atom. The van der Waals surface area contributed by atoms with Crippen LogP contribution in [0.4, 0.5) is 5.69 Å². The van der Waals surface area contributed by atoms with Crippen LogP contribution in [0.15, 0.2) is 48.5 Å². The molecule has 0 unspecified atom stereocenters. The number of carbonyl (C=O) groups excluding carboxylic acids is 3. The Morgan fingerprint density at radius 3 is 2.50 bits per heavy atom. The van der Waals surface area contributed by atoms with Gasteiger partial charge < -0.3 is 15.1 Å². The Morgan fingerprint density at radius 2 is 1.77 bits per heavy atom. The molecule has 2 aliphatic heterocycles. The van der Waals surface area contributed by atoms with Crippen LogP contribution in [0.1, 0.15) is 41.3 Å². The molecule has 4 rings (SSSR count). The highest BCUT2D eigenvalue weighted by Gasteiger charge is 2.30. The molecule has 2 aromatic rings. The second-order valence-corrected chi connectivity index (χ2v) is 8.32. The number of hydrogen-bond donors (Lipinski definition) is 1. The van der Waals surface area contributed by atoms with Crippen LogP contribution in [0.25, 0.3) is 0 Å². The highest BCUT2D eigenvalue weighted by molar-refractivity contribution is 6.09. The van der Waals surface area contributed by atoms with Gasteiger partial charge in [0.25, 0.3) is 5.91 Å². The molecule has 2 aliphatic rings. The number of likely N-dealkylation sites (tertiary alicyclic amines) is 1. The first-order chi connectivity index (χ1) is 14.5. The molecule has 0 bridgehead atoms. The normalized spacial score (nSPS) is 17.4. The highest BCUT2D eigenvalue weighted by atomic mass is 16.2. The number of nitrogens with one attached hydrogen (secondary N) is 1. The van der Waals surface area contributed by atoms with Crippen LogP contribution in [0.3, 0.4) is 0 Å². The molecule has 6 nitrogen and oxygen atoms in total. The Balaban J connectivity index is 1.53. The third-order valence-corrected chi connectivity index (χ3v) is 5.92. The lowest BCUT2D eigenvalue weighted by Crippen LogP contribution is -2.46. The van der Waals surface area contributed by atoms with Crippen molar-refractivity contribution in [1.29, 1.82) is 0 Å². The SMILES string of the molecule is CC1CCN(C(=O)CN2CC(=O)Nc3ccc(Cc4ccccc4)cc3C2=O)CC1. The largest absolute Gasteiger partial charge is 0.341 e. The van der Waals surface area contributed by atoms with Crippen LogP contribution in [0.2, 0.25) is 0 Å². The van der Waals surface area contributed by atoms with Gasteiger partial charge in [0, 0.05) is 13.1 Å². The lowest BCUT2D eigenvalue weighted by molar-refractivity contribution is -0.133. The molecule has 156 valence electrons. The maximum absolute atomic E-state index is 13.2. The number of piperidine rings is 1. The van der Waals surface area contributed by atoms with Gasteiger partial charge in [-0.25, -0.2) is 0 Å². The first-order valence-corrected chi connectivity index (χ1v) is 10.5. The van der Waals surface area contributed by atoms with E-state index in [2.05, 4.69) is 12.2 Å². The van der Waals surface area contributed by atoms with Crippen molar-refractivity contribution in [2.45, 2.75) is 26.2 Å². The minimum atomic E-state index is -0.281. The van der Waals surface area contributed by atoms with Crippen molar-refractivity contribution in [1.82, 2.24) is 9.80 Å². The molecule has 1 saturated heterocycles. The standard InChI is InChI=1S/C24H27N3O3/c1-17-9-11-26(12-10-17)23(29)16-27-15-22(28)25-21-8-7-19(14-20(21)24(27)30)13-18-5-3-2-4-6-18/h2-8,14,17H,9-13,15-16H2,1H3,(H,25,28). The van der Waals surface area contributed by atoms with E-state index in [1.54, 1.807) is 6.07 Å².